The zero-order chi connectivity index (χ0) is 13.2. The minimum Gasteiger partial charge on any atom is -0.492 e. The van der Waals surface area contributed by atoms with Crippen LogP contribution >= 0.6 is 0 Å². The molecular formula is C15H12FNO2. The Labute approximate surface area is 110 Å². The number of amides is 1. The molecule has 4 heteroatoms. The fourth-order valence-corrected chi connectivity index (χ4v) is 2.16. The smallest absolute Gasteiger partial charge is 0.235 e. The summed E-state index contributed by atoms with van der Waals surface area (Å²) in [6.45, 7) is 0.291. The predicted octanol–water partition coefficient (Wildman–Crippen LogP) is 2.94. The highest BCUT2D eigenvalue weighted by molar-refractivity contribution is 5.97. The molecule has 0 radical (unpaired) electrons. The van der Waals surface area contributed by atoms with Gasteiger partial charge in [-0.25, -0.2) is 4.39 Å². The number of ether oxygens (including phenoxy) is 1. The number of hydrogen-bond acceptors (Lipinski definition) is 2. The highest BCUT2D eigenvalue weighted by atomic mass is 19.1. The molecule has 0 spiro atoms. The van der Waals surface area contributed by atoms with Crippen molar-refractivity contribution in [2.24, 2.45) is 0 Å². The van der Waals surface area contributed by atoms with Gasteiger partial charge in [-0.05, 0) is 18.2 Å². The Bertz CT molecular complexity index is 627. The van der Waals surface area contributed by atoms with Gasteiger partial charge in [-0.2, -0.15) is 0 Å². The second-order valence-electron chi connectivity index (χ2n) is 4.37. The number of anilines is 1. The summed E-state index contributed by atoms with van der Waals surface area (Å²) in [6, 6.07) is 13.5. The number of carbonyl (C=O) groups is 1. The molecule has 1 heterocycles. The molecule has 1 aliphatic heterocycles. The molecule has 96 valence electrons. The van der Waals surface area contributed by atoms with Gasteiger partial charge in [0.05, 0.1) is 5.69 Å². The summed E-state index contributed by atoms with van der Waals surface area (Å²) in [5, 5.41) is 2.60. The maximum Gasteiger partial charge on any atom is 0.235 e. The van der Waals surface area contributed by atoms with Crippen molar-refractivity contribution in [3.63, 3.8) is 0 Å². The van der Waals surface area contributed by atoms with E-state index in [4.69, 9.17) is 4.74 Å². The standard InChI is InChI=1S/C15H12FNO2/c16-12-6-2-3-7-13(12)17-15(18)11-9-19-14-8-4-1-5-10(11)14/h1-8,11H,9H2,(H,17,18). The van der Waals surface area contributed by atoms with Gasteiger partial charge in [-0.1, -0.05) is 30.3 Å². The molecule has 3 rings (SSSR count). The van der Waals surface area contributed by atoms with Gasteiger partial charge >= 0.3 is 0 Å². The molecule has 1 unspecified atom stereocenters. The topological polar surface area (TPSA) is 38.3 Å². The van der Waals surface area contributed by atoms with E-state index >= 15 is 0 Å². The third kappa shape index (κ3) is 2.17. The van der Waals surface area contributed by atoms with Crippen LogP contribution in [-0.2, 0) is 4.79 Å². The first-order valence-electron chi connectivity index (χ1n) is 6.03. The Morgan fingerprint density at radius 3 is 2.74 bits per heavy atom. The normalized spacial score (nSPS) is 16.6. The summed E-state index contributed by atoms with van der Waals surface area (Å²) < 4.78 is 18.9. The van der Waals surface area contributed by atoms with E-state index < -0.39 is 11.7 Å². The average molecular weight is 257 g/mol. The molecule has 1 amide bonds. The van der Waals surface area contributed by atoms with E-state index in [1.165, 1.54) is 12.1 Å². The highest BCUT2D eigenvalue weighted by Crippen LogP contribution is 2.34. The van der Waals surface area contributed by atoms with Crippen LogP contribution in [0.3, 0.4) is 0 Å². The molecule has 0 saturated carbocycles. The summed E-state index contributed by atoms with van der Waals surface area (Å²) >= 11 is 0. The highest BCUT2D eigenvalue weighted by Gasteiger charge is 2.30. The molecule has 0 saturated heterocycles. The van der Waals surface area contributed by atoms with Gasteiger partial charge in [0, 0.05) is 5.56 Å². The average Bonchev–Trinajstić information content (AvgIpc) is 2.85. The number of carbonyl (C=O) groups excluding carboxylic acids is 1. The van der Waals surface area contributed by atoms with Crippen LogP contribution < -0.4 is 10.1 Å². The minimum absolute atomic E-state index is 0.192. The number of rotatable bonds is 2. The van der Waals surface area contributed by atoms with Crippen molar-refractivity contribution in [2.75, 3.05) is 11.9 Å². The van der Waals surface area contributed by atoms with E-state index in [0.29, 0.717) is 6.61 Å². The fraction of sp³-hybridized carbons (Fsp3) is 0.133. The van der Waals surface area contributed by atoms with Gasteiger partial charge in [0.2, 0.25) is 5.91 Å². The van der Waals surface area contributed by atoms with Crippen LogP contribution in [0.25, 0.3) is 0 Å². The van der Waals surface area contributed by atoms with Gasteiger partial charge in [0.15, 0.2) is 0 Å². The third-order valence-electron chi connectivity index (χ3n) is 3.15. The zero-order valence-electron chi connectivity index (χ0n) is 10.1. The predicted molar refractivity (Wildman–Crippen MR) is 69.7 cm³/mol. The lowest BCUT2D eigenvalue weighted by Crippen LogP contribution is -2.22. The number of para-hydroxylation sites is 2. The lowest BCUT2D eigenvalue weighted by molar-refractivity contribution is -0.117. The van der Waals surface area contributed by atoms with E-state index in [1.807, 2.05) is 24.3 Å². The molecule has 19 heavy (non-hydrogen) atoms. The maximum atomic E-state index is 13.5. The van der Waals surface area contributed by atoms with Crippen LogP contribution in [0.2, 0.25) is 0 Å². The molecule has 2 aromatic rings. The Balaban J connectivity index is 1.81. The van der Waals surface area contributed by atoms with Crippen LogP contribution in [0.1, 0.15) is 11.5 Å². The quantitative estimate of drug-likeness (QED) is 0.898. The fourth-order valence-electron chi connectivity index (χ4n) is 2.16. The van der Waals surface area contributed by atoms with Crippen molar-refractivity contribution in [1.82, 2.24) is 0 Å². The number of benzene rings is 2. The SMILES string of the molecule is O=C(Nc1ccccc1F)C1COc2ccccc21. The summed E-state index contributed by atoms with van der Waals surface area (Å²) in [4.78, 5) is 12.2. The van der Waals surface area contributed by atoms with Crippen molar-refractivity contribution in [3.8, 4) is 5.75 Å². The lowest BCUT2D eigenvalue weighted by atomic mass is 10.0. The number of nitrogens with one attached hydrogen (secondary N) is 1. The van der Waals surface area contributed by atoms with Crippen molar-refractivity contribution in [3.05, 3.63) is 59.9 Å². The number of halogens is 1. The Morgan fingerprint density at radius 1 is 1.16 bits per heavy atom. The molecular weight excluding hydrogens is 245 g/mol. The first kappa shape index (κ1) is 11.7. The summed E-state index contributed by atoms with van der Waals surface area (Å²) in [5.74, 6) is -0.370. The molecule has 0 aromatic heterocycles. The monoisotopic (exact) mass is 257 g/mol. The Morgan fingerprint density at radius 2 is 1.89 bits per heavy atom. The summed E-state index contributed by atoms with van der Waals surface area (Å²) in [6.07, 6.45) is 0. The molecule has 1 N–H and O–H groups in total. The molecule has 3 nitrogen and oxygen atoms in total. The lowest BCUT2D eigenvalue weighted by Gasteiger charge is -2.10. The van der Waals surface area contributed by atoms with Gasteiger partial charge in [0.25, 0.3) is 0 Å². The summed E-state index contributed by atoms with van der Waals surface area (Å²) in [5.41, 5.74) is 1.04. The van der Waals surface area contributed by atoms with E-state index in [1.54, 1.807) is 12.1 Å². The van der Waals surface area contributed by atoms with E-state index in [9.17, 15) is 9.18 Å². The largest absolute Gasteiger partial charge is 0.492 e. The van der Waals surface area contributed by atoms with Crippen LogP contribution in [0.4, 0.5) is 10.1 Å². The molecule has 0 bridgehead atoms. The third-order valence-corrected chi connectivity index (χ3v) is 3.15. The Kier molecular flexibility index (Phi) is 2.91. The van der Waals surface area contributed by atoms with Crippen molar-refractivity contribution >= 4 is 11.6 Å². The van der Waals surface area contributed by atoms with Gasteiger partial charge in [-0.15, -0.1) is 0 Å². The molecule has 1 atom stereocenters. The van der Waals surface area contributed by atoms with Crippen LogP contribution in [-0.4, -0.2) is 12.5 Å². The maximum absolute atomic E-state index is 13.5. The van der Waals surface area contributed by atoms with Gasteiger partial charge < -0.3 is 10.1 Å². The van der Waals surface area contributed by atoms with E-state index in [-0.39, 0.29) is 11.6 Å². The van der Waals surface area contributed by atoms with Crippen LogP contribution in [0.5, 0.6) is 5.75 Å². The first-order valence-corrected chi connectivity index (χ1v) is 6.03. The molecule has 0 aliphatic carbocycles. The van der Waals surface area contributed by atoms with Crippen molar-refractivity contribution in [2.45, 2.75) is 5.92 Å². The van der Waals surface area contributed by atoms with E-state index in [2.05, 4.69) is 5.32 Å². The summed E-state index contributed by atoms with van der Waals surface area (Å²) in [7, 11) is 0. The number of fused-ring (bicyclic) bond motifs is 1. The van der Waals surface area contributed by atoms with Crippen molar-refractivity contribution in [1.29, 1.82) is 0 Å². The Hall–Kier alpha value is -2.36. The van der Waals surface area contributed by atoms with Crippen LogP contribution in [0.15, 0.2) is 48.5 Å². The van der Waals surface area contributed by atoms with Crippen molar-refractivity contribution < 1.29 is 13.9 Å². The van der Waals surface area contributed by atoms with Gasteiger partial charge in [0.1, 0.15) is 24.1 Å². The van der Waals surface area contributed by atoms with Crippen LogP contribution in [0, 0.1) is 5.82 Å². The van der Waals surface area contributed by atoms with Gasteiger partial charge in [-0.3, -0.25) is 4.79 Å². The van der Waals surface area contributed by atoms with E-state index in [0.717, 1.165) is 11.3 Å². The second kappa shape index (κ2) is 4.72. The zero-order valence-corrected chi connectivity index (χ0v) is 10.1. The first-order chi connectivity index (χ1) is 9.25. The molecule has 2 aromatic carbocycles. The second-order valence-corrected chi connectivity index (χ2v) is 4.37. The molecule has 1 aliphatic rings. The number of hydrogen-bond donors (Lipinski definition) is 1. The minimum atomic E-state index is -0.442. The molecule has 0 fully saturated rings.